The highest BCUT2D eigenvalue weighted by Gasteiger charge is 2.23. The van der Waals surface area contributed by atoms with Gasteiger partial charge in [-0.05, 0) is 30.9 Å². The molecular weight excluding hydrogens is 220 g/mol. The molecule has 0 aliphatic heterocycles. The van der Waals surface area contributed by atoms with E-state index < -0.39 is 0 Å². The summed E-state index contributed by atoms with van der Waals surface area (Å²) in [6.07, 6.45) is 6.06. The van der Waals surface area contributed by atoms with E-state index in [4.69, 9.17) is 0 Å². The molecule has 1 unspecified atom stereocenters. The summed E-state index contributed by atoms with van der Waals surface area (Å²) in [7, 11) is 0. The van der Waals surface area contributed by atoms with Gasteiger partial charge in [0.25, 0.3) is 0 Å². The molecule has 1 saturated carbocycles. The first-order valence-electron chi connectivity index (χ1n) is 6.89. The summed E-state index contributed by atoms with van der Waals surface area (Å²) in [5, 5.41) is 4.85. The number of hydrogen-bond acceptors (Lipinski definition) is 2. The monoisotopic (exact) mass is 240 g/mol. The van der Waals surface area contributed by atoms with Crippen LogP contribution < -0.4 is 5.32 Å². The fourth-order valence-corrected chi connectivity index (χ4v) is 2.53. The predicted molar refractivity (Wildman–Crippen MR) is 75.4 cm³/mol. The van der Waals surface area contributed by atoms with Crippen LogP contribution in [0, 0.1) is 5.92 Å². The maximum Gasteiger partial charge on any atom is 0.0746 e. The fourth-order valence-electron chi connectivity index (χ4n) is 2.53. The third-order valence-corrected chi connectivity index (χ3v) is 3.74. The summed E-state index contributed by atoms with van der Waals surface area (Å²) in [6, 6.07) is 11.1. The number of hydrogen-bond donors (Lipinski definition) is 1. The van der Waals surface area contributed by atoms with E-state index in [0.717, 1.165) is 18.0 Å². The van der Waals surface area contributed by atoms with E-state index in [0.29, 0.717) is 6.04 Å². The number of pyridine rings is 1. The molecule has 1 aromatic carbocycles. The molecule has 0 spiro atoms. The number of benzene rings is 1. The Labute approximate surface area is 108 Å². The van der Waals surface area contributed by atoms with Gasteiger partial charge >= 0.3 is 0 Å². The number of aromatic nitrogens is 1. The summed E-state index contributed by atoms with van der Waals surface area (Å²) in [5.41, 5.74) is 2.43. The van der Waals surface area contributed by atoms with E-state index in [-0.39, 0.29) is 0 Å². The molecule has 1 aliphatic carbocycles. The molecule has 0 amide bonds. The highest BCUT2D eigenvalue weighted by Crippen LogP contribution is 2.33. The second-order valence-corrected chi connectivity index (χ2v) is 5.45. The standard InChI is InChI=1S/C16H20N2/c1-12(10-13-7-8-13)18-11-15-5-2-4-14-6-3-9-17-16(14)15/h2-6,9,12-13,18H,7-8,10-11H2,1H3. The van der Waals surface area contributed by atoms with E-state index >= 15 is 0 Å². The number of rotatable bonds is 5. The molecule has 1 aromatic heterocycles. The molecule has 3 rings (SSSR count). The highest BCUT2D eigenvalue weighted by atomic mass is 14.9. The summed E-state index contributed by atoms with van der Waals surface area (Å²) in [5.74, 6) is 0.984. The van der Waals surface area contributed by atoms with E-state index in [1.165, 1.54) is 30.2 Å². The van der Waals surface area contributed by atoms with Gasteiger partial charge in [-0.2, -0.15) is 0 Å². The van der Waals surface area contributed by atoms with Crippen molar-refractivity contribution >= 4 is 10.9 Å². The average Bonchev–Trinajstić information content (AvgIpc) is 3.20. The van der Waals surface area contributed by atoms with Crippen molar-refractivity contribution in [3.63, 3.8) is 0 Å². The van der Waals surface area contributed by atoms with Gasteiger partial charge in [-0.3, -0.25) is 4.98 Å². The first kappa shape index (κ1) is 11.7. The number of nitrogens with zero attached hydrogens (tertiary/aromatic N) is 1. The van der Waals surface area contributed by atoms with Crippen molar-refractivity contribution in [3.05, 3.63) is 42.1 Å². The van der Waals surface area contributed by atoms with Crippen LogP contribution in [0.1, 0.15) is 31.7 Å². The van der Waals surface area contributed by atoms with Gasteiger partial charge in [0.1, 0.15) is 0 Å². The van der Waals surface area contributed by atoms with Crippen LogP contribution in [0.25, 0.3) is 10.9 Å². The first-order valence-corrected chi connectivity index (χ1v) is 6.89. The summed E-state index contributed by atoms with van der Waals surface area (Å²) < 4.78 is 0. The Balaban J connectivity index is 1.69. The number of para-hydroxylation sites is 1. The Morgan fingerprint density at radius 1 is 1.28 bits per heavy atom. The van der Waals surface area contributed by atoms with E-state index in [1.54, 1.807) is 0 Å². The second-order valence-electron chi connectivity index (χ2n) is 5.45. The molecule has 94 valence electrons. The third-order valence-electron chi connectivity index (χ3n) is 3.74. The molecule has 2 aromatic rings. The molecule has 1 fully saturated rings. The van der Waals surface area contributed by atoms with Crippen molar-refractivity contribution in [1.82, 2.24) is 10.3 Å². The Kier molecular flexibility index (Phi) is 3.28. The molecular formula is C16H20N2. The molecule has 0 saturated heterocycles. The Bertz CT molecular complexity index is 526. The normalized spacial score (nSPS) is 16.9. The molecule has 1 atom stereocenters. The van der Waals surface area contributed by atoms with Gasteiger partial charge in [-0.1, -0.05) is 37.1 Å². The van der Waals surface area contributed by atoms with Crippen molar-refractivity contribution in [2.75, 3.05) is 0 Å². The van der Waals surface area contributed by atoms with Gasteiger partial charge in [0.2, 0.25) is 0 Å². The van der Waals surface area contributed by atoms with Gasteiger partial charge < -0.3 is 5.32 Å². The lowest BCUT2D eigenvalue weighted by molar-refractivity contribution is 0.488. The minimum Gasteiger partial charge on any atom is -0.310 e. The van der Waals surface area contributed by atoms with Crippen molar-refractivity contribution < 1.29 is 0 Å². The lowest BCUT2D eigenvalue weighted by Crippen LogP contribution is -2.26. The molecule has 1 aliphatic rings. The van der Waals surface area contributed by atoms with Crippen molar-refractivity contribution in [3.8, 4) is 0 Å². The average molecular weight is 240 g/mol. The number of nitrogens with one attached hydrogen (secondary N) is 1. The summed E-state index contributed by atoms with van der Waals surface area (Å²) >= 11 is 0. The Morgan fingerprint density at radius 2 is 2.11 bits per heavy atom. The van der Waals surface area contributed by atoms with Gasteiger partial charge in [0.15, 0.2) is 0 Å². The van der Waals surface area contributed by atoms with Crippen molar-refractivity contribution in [2.24, 2.45) is 5.92 Å². The van der Waals surface area contributed by atoms with Gasteiger partial charge in [0, 0.05) is 24.2 Å². The van der Waals surface area contributed by atoms with E-state index in [1.807, 2.05) is 12.3 Å². The Morgan fingerprint density at radius 3 is 2.94 bits per heavy atom. The molecule has 0 bridgehead atoms. The minimum atomic E-state index is 0.608. The van der Waals surface area contributed by atoms with Crippen LogP contribution in [0.2, 0.25) is 0 Å². The quantitative estimate of drug-likeness (QED) is 0.865. The van der Waals surface area contributed by atoms with E-state index in [9.17, 15) is 0 Å². The molecule has 1 heterocycles. The van der Waals surface area contributed by atoms with Crippen LogP contribution in [0.3, 0.4) is 0 Å². The summed E-state index contributed by atoms with van der Waals surface area (Å²) in [4.78, 5) is 4.49. The highest BCUT2D eigenvalue weighted by molar-refractivity contribution is 5.81. The zero-order valence-electron chi connectivity index (χ0n) is 10.9. The third kappa shape index (κ3) is 2.70. The largest absolute Gasteiger partial charge is 0.310 e. The number of fused-ring (bicyclic) bond motifs is 1. The molecule has 2 nitrogen and oxygen atoms in total. The molecule has 18 heavy (non-hydrogen) atoms. The maximum absolute atomic E-state index is 4.49. The van der Waals surface area contributed by atoms with Crippen LogP contribution in [0.5, 0.6) is 0 Å². The fraction of sp³-hybridized carbons (Fsp3) is 0.438. The van der Waals surface area contributed by atoms with E-state index in [2.05, 4.69) is 41.5 Å². The lowest BCUT2D eigenvalue weighted by atomic mass is 10.1. The van der Waals surface area contributed by atoms with Gasteiger partial charge in [-0.15, -0.1) is 0 Å². The van der Waals surface area contributed by atoms with Crippen molar-refractivity contribution in [1.29, 1.82) is 0 Å². The lowest BCUT2D eigenvalue weighted by Gasteiger charge is -2.14. The van der Waals surface area contributed by atoms with Crippen LogP contribution in [-0.2, 0) is 6.54 Å². The molecule has 1 N–H and O–H groups in total. The van der Waals surface area contributed by atoms with Crippen molar-refractivity contribution in [2.45, 2.75) is 38.8 Å². The zero-order valence-corrected chi connectivity index (χ0v) is 10.9. The smallest absolute Gasteiger partial charge is 0.0746 e. The molecule has 2 heteroatoms. The van der Waals surface area contributed by atoms with Crippen LogP contribution in [0.15, 0.2) is 36.5 Å². The first-order chi connectivity index (χ1) is 8.83. The molecule has 0 radical (unpaired) electrons. The summed E-state index contributed by atoms with van der Waals surface area (Å²) in [6.45, 7) is 3.21. The Hall–Kier alpha value is -1.41. The van der Waals surface area contributed by atoms with Crippen LogP contribution in [0.4, 0.5) is 0 Å². The maximum atomic E-state index is 4.49. The second kappa shape index (κ2) is 5.07. The van der Waals surface area contributed by atoms with Crippen LogP contribution in [-0.4, -0.2) is 11.0 Å². The topological polar surface area (TPSA) is 24.9 Å². The van der Waals surface area contributed by atoms with Crippen LogP contribution >= 0.6 is 0 Å². The zero-order chi connectivity index (χ0) is 12.4. The van der Waals surface area contributed by atoms with Gasteiger partial charge in [0.05, 0.1) is 5.52 Å². The SMILES string of the molecule is CC(CC1CC1)NCc1cccc2cccnc12. The van der Waals surface area contributed by atoms with Gasteiger partial charge in [-0.25, -0.2) is 0 Å². The minimum absolute atomic E-state index is 0.608. The predicted octanol–water partition coefficient (Wildman–Crippen LogP) is 3.51.